The van der Waals surface area contributed by atoms with E-state index in [1.54, 1.807) is 18.3 Å². The normalized spacial score (nSPS) is 14.9. The number of nitrogens with one attached hydrogen (secondary N) is 3. The second kappa shape index (κ2) is 10.9. The molecule has 1 fully saturated rings. The SMILES string of the molecule is O=C(NC(CC1CC1)B(O)O)/C(=C/NS(=O)(=O)c1ccc(-c2cnc[nH]2)cc1)Cc1ccccc1. The second-order valence-electron chi connectivity index (χ2n) is 8.62. The van der Waals surface area contributed by atoms with Crippen molar-refractivity contribution in [2.75, 3.05) is 0 Å². The number of nitrogens with zero attached hydrogens (tertiary/aromatic N) is 1. The minimum absolute atomic E-state index is 0.0360. The molecule has 1 aliphatic rings. The number of aromatic nitrogens is 2. The summed E-state index contributed by atoms with van der Waals surface area (Å²) in [6.45, 7) is 0. The predicted octanol–water partition coefficient (Wildman–Crippen LogP) is 1.78. The van der Waals surface area contributed by atoms with E-state index < -0.39 is 29.0 Å². The summed E-state index contributed by atoms with van der Waals surface area (Å²) in [5.41, 5.74) is 2.50. The van der Waals surface area contributed by atoms with E-state index in [4.69, 9.17) is 0 Å². The van der Waals surface area contributed by atoms with Crippen molar-refractivity contribution in [3.63, 3.8) is 0 Å². The van der Waals surface area contributed by atoms with Crippen molar-refractivity contribution in [3.05, 3.63) is 84.5 Å². The lowest BCUT2D eigenvalue weighted by Gasteiger charge is -2.19. The number of sulfonamides is 1. The lowest BCUT2D eigenvalue weighted by atomic mass is 9.76. The first-order chi connectivity index (χ1) is 16.8. The Bertz CT molecular complexity index is 1260. The lowest BCUT2D eigenvalue weighted by molar-refractivity contribution is -0.118. The van der Waals surface area contributed by atoms with Gasteiger partial charge in [-0.25, -0.2) is 13.4 Å². The molecule has 1 saturated carbocycles. The Hall–Kier alpha value is -3.41. The van der Waals surface area contributed by atoms with Crippen molar-refractivity contribution in [2.24, 2.45) is 5.92 Å². The van der Waals surface area contributed by atoms with Crippen LogP contribution in [0.5, 0.6) is 0 Å². The number of rotatable bonds is 11. The van der Waals surface area contributed by atoms with Crippen molar-refractivity contribution in [2.45, 2.75) is 36.5 Å². The summed E-state index contributed by atoms with van der Waals surface area (Å²) in [7, 11) is -5.66. The maximum Gasteiger partial charge on any atom is 0.475 e. The van der Waals surface area contributed by atoms with Gasteiger partial charge in [-0.3, -0.25) is 9.52 Å². The molecule has 0 saturated heterocycles. The Morgan fingerprint density at radius 1 is 1.14 bits per heavy atom. The molecule has 35 heavy (non-hydrogen) atoms. The fourth-order valence-electron chi connectivity index (χ4n) is 3.69. The average Bonchev–Trinajstić information content (AvgIpc) is 3.50. The first-order valence-electron chi connectivity index (χ1n) is 11.3. The van der Waals surface area contributed by atoms with Gasteiger partial charge in [-0.1, -0.05) is 55.3 Å². The highest BCUT2D eigenvalue weighted by Gasteiger charge is 2.33. The van der Waals surface area contributed by atoms with Crippen molar-refractivity contribution < 1.29 is 23.3 Å². The Kier molecular flexibility index (Phi) is 7.69. The van der Waals surface area contributed by atoms with E-state index in [9.17, 15) is 23.3 Å². The number of aromatic amines is 1. The molecule has 182 valence electrons. The first-order valence-corrected chi connectivity index (χ1v) is 12.8. The number of imidazole rings is 1. The highest BCUT2D eigenvalue weighted by molar-refractivity contribution is 7.89. The Labute approximate surface area is 204 Å². The maximum atomic E-state index is 13.0. The van der Waals surface area contributed by atoms with Crippen LogP contribution in [-0.2, 0) is 21.2 Å². The standard InChI is InChI=1S/C24H27BN4O5S/c30-24(29-23(25(31)32)13-18-6-7-18)20(12-17-4-2-1-3-5-17)14-28-35(33,34)21-10-8-19(9-11-21)22-15-26-16-27-22/h1-5,8-11,14-16,18,23,28,31-32H,6-7,12-13H2,(H,26,27)(H,29,30)/b20-14+. The molecule has 1 aliphatic carbocycles. The van der Waals surface area contributed by atoms with Crippen LogP contribution in [0.3, 0.4) is 0 Å². The van der Waals surface area contributed by atoms with Gasteiger partial charge in [-0.15, -0.1) is 0 Å². The van der Waals surface area contributed by atoms with Crippen molar-refractivity contribution in [3.8, 4) is 11.3 Å². The Morgan fingerprint density at radius 2 is 1.86 bits per heavy atom. The molecule has 0 spiro atoms. The summed E-state index contributed by atoms with van der Waals surface area (Å²) >= 11 is 0. The van der Waals surface area contributed by atoms with E-state index in [0.29, 0.717) is 12.3 Å². The van der Waals surface area contributed by atoms with Crippen molar-refractivity contribution in [1.29, 1.82) is 0 Å². The van der Waals surface area contributed by atoms with E-state index in [1.165, 1.54) is 24.7 Å². The molecule has 1 amide bonds. The van der Waals surface area contributed by atoms with Crippen LogP contribution in [0.15, 0.2) is 83.8 Å². The highest BCUT2D eigenvalue weighted by Crippen LogP contribution is 2.33. The van der Waals surface area contributed by atoms with Gasteiger partial charge in [-0.05, 0) is 35.6 Å². The molecular formula is C24H27BN4O5S. The summed E-state index contributed by atoms with van der Waals surface area (Å²) in [5.74, 6) is -1.04. The van der Waals surface area contributed by atoms with Crippen LogP contribution in [0, 0.1) is 5.92 Å². The smallest absolute Gasteiger partial charge is 0.426 e. The number of amides is 1. The van der Waals surface area contributed by atoms with Gasteiger partial charge in [0, 0.05) is 18.2 Å². The number of H-pyrrole nitrogens is 1. The largest absolute Gasteiger partial charge is 0.475 e. The Morgan fingerprint density at radius 3 is 2.46 bits per heavy atom. The van der Waals surface area contributed by atoms with Crippen LogP contribution >= 0.6 is 0 Å². The van der Waals surface area contributed by atoms with E-state index in [2.05, 4.69) is 20.0 Å². The van der Waals surface area contributed by atoms with Gasteiger partial charge < -0.3 is 20.3 Å². The van der Waals surface area contributed by atoms with Crippen LogP contribution in [0.1, 0.15) is 24.8 Å². The van der Waals surface area contributed by atoms with Crippen LogP contribution in [0.2, 0.25) is 0 Å². The molecule has 0 aliphatic heterocycles. The lowest BCUT2D eigenvalue weighted by Crippen LogP contribution is -2.47. The molecule has 5 N–H and O–H groups in total. The molecule has 9 nitrogen and oxygen atoms in total. The Balaban J connectivity index is 1.53. The van der Waals surface area contributed by atoms with Crippen LogP contribution in [-0.4, -0.2) is 47.4 Å². The molecule has 4 rings (SSSR count). The zero-order valence-electron chi connectivity index (χ0n) is 19.0. The van der Waals surface area contributed by atoms with E-state index >= 15 is 0 Å². The summed E-state index contributed by atoms with van der Waals surface area (Å²) in [6, 6.07) is 15.4. The zero-order chi connectivity index (χ0) is 24.8. The van der Waals surface area contributed by atoms with Crippen molar-refractivity contribution >= 4 is 23.0 Å². The second-order valence-corrected chi connectivity index (χ2v) is 10.3. The van der Waals surface area contributed by atoms with Gasteiger partial charge in [0.2, 0.25) is 5.91 Å². The molecule has 11 heteroatoms. The molecule has 1 heterocycles. The first kappa shape index (κ1) is 24.7. The van der Waals surface area contributed by atoms with Crippen molar-refractivity contribution in [1.82, 2.24) is 20.0 Å². The van der Waals surface area contributed by atoms with Crippen LogP contribution < -0.4 is 10.0 Å². The molecule has 1 unspecified atom stereocenters. The molecule has 0 bridgehead atoms. The highest BCUT2D eigenvalue weighted by atomic mass is 32.2. The minimum Gasteiger partial charge on any atom is -0.426 e. The van der Waals surface area contributed by atoms with E-state index in [-0.39, 0.29) is 16.9 Å². The summed E-state index contributed by atoms with van der Waals surface area (Å²) in [4.78, 5) is 20.0. The van der Waals surface area contributed by atoms with Gasteiger partial charge in [0.05, 0.1) is 29.1 Å². The monoisotopic (exact) mass is 494 g/mol. The predicted molar refractivity (Wildman–Crippen MR) is 132 cm³/mol. The summed E-state index contributed by atoms with van der Waals surface area (Å²) in [5, 5.41) is 22.1. The molecular weight excluding hydrogens is 467 g/mol. The number of carbonyl (C=O) groups excluding carboxylic acids is 1. The molecule has 3 aromatic rings. The molecule has 1 aromatic heterocycles. The zero-order valence-corrected chi connectivity index (χ0v) is 19.8. The number of carbonyl (C=O) groups is 1. The van der Waals surface area contributed by atoms with Gasteiger partial charge in [0.1, 0.15) is 0 Å². The molecule has 2 aromatic carbocycles. The third kappa shape index (κ3) is 6.81. The molecule has 0 radical (unpaired) electrons. The fraction of sp³-hybridized carbons (Fsp3) is 0.250. The van der Waals surface area contributed by atoms with Crippen LogP contribution in [0.4, 0.5) is 0 Å². The minimum atomic E-state index is -3.95. The third-order valence-corrected chi connectivity index (χ3v) is 7.17. The summed E-state index contributed by atoms with van der Waals surface area (Å²) < 4.78 is 28.2. The summed E-state index contributed by atoms with van der Waals surface area (Å²) in [6.07, 6.45) is 6.94. The number of hydrogen-bond donors (Lipinski definition) is 5. The quantitative estimate of drug-likeness (QED) is 0.203. The van der Waals surface area contributed by atoms with E-state index in [0.717, 1.165) is 29.7 Å². The van der Waals surface area contributed by atoms with Crippen LogP contribution in [0.25, 0.3) is 11.3 Å². The van der Waals surface area contributed by atoms with Gasteiger partial charge in [0.15, 0.2) is 0 Å². The number of benzene rings is 2. The fourth-order valence-corrected chi connectivity index (χ4v) is 4.61. The van der Waals surface area contributed by atoms with E-state index in [1.807, 2.05) is 30.3 Å². The molecule has 1 atom stereocenters. The topological polar surface area (TPSA) is 144 Å². The maximum absolute atomic E-state index is 13.0. The third-order valence-electron chi connectivity index (χ3n) is 5.85. The number of hydrogen-bond acceptors (Lipinski definition) is 6. The average molecular weight is 494 g/mol. The van der Waals surface area contributed by atoms with Gasteiger partial charge >= 0.3 is 7.12 Å². The van der Waals surface area contributed by atoms with Gasteiger partial charge in [-0.2, -0.15) is 0 Å². The van der Waals surface area contributed by atoms with Gasteiger partial charge in [0.25, 0.3) is 10.0 Å².